The lowest BCUT2D eigenvalue weighted by atomic mass is 10.1. The van der Waals surface area contributed by atoms with Gasteiger partial charge in [0.05, 0.1) is 6.61 Å². The van der Waals surface area contributed by atoms with Gasteiger partial charge in [-0.05, 0) is 51.8 Å². The molecule has 0 saturated carbocycles. The van der Waals surface area contributed by atoms with Gasteiger partial charge in [-0.3, -0.25) is 9.89 Å². The summed E-state index contributed by atoms with van der Waals surface area (Å²) in [4.78, 5) is 20.3. The molecule has 2 rings (SSSR count). The second kappa shape index (κ2) is 13.7. The molecule has 1 aliphatic heterocycles. The Kier molecular flexibility index (Phi) is 12.1. The summed E-state index contributed by atoms with van der Waals surface area (Å²) < 4.78 is 5.09. The van der Waals surface area contributed by atoms with Crippen molar-refractivity contribution in [1.29, 1.82) is 0 Å². The number of halogens is 1. The number of guanidine groups is 1. The van der Waals surface area contributed by atoms with Gasteiger partial charge in [0.2, 0.25) is 0 Å². The third kappa shape index (κ3) is 8.29. The lowest BCUT2D eigenvalue weighted by Crippen LogP contribution is -2.49. The van der Waals surface area contributed by atoms with Gasteiger partial charge >= 0.3 is 6.09 Å². The maximum Gasteiger partial charge on any atom is 0.409 e. The van der Waals surface area contributed by atoms with Crippen molar-refractivity contribution in [3.05, 3.63) is 35.4 Å². The molecule has 1 aromatic rings. The summed E-state index contributed by atoms with van der Waals surface area (Å²) in [5.41, 5.74) is 2.61. The smallest absolute Gasteiger partial charge is 0.409 e. The monoisotopic (exact) mass is 531 g/mol. The number of benzene rings is 1. The third-order valence-electron chi connectivity index (χ3n) is 5.45. The van der Waals surface area contributed by atoms with E-state index in [0.29, 0.717) is 31.8 Å². The molecule has 1 aromatic carbocycles. The first kappa shape index (κ1) is 26.5. The first-order valence-electron chi connectivity index (χ1n) is 10.6. The highest BCUT2D eigenvalue weighted by molar-refractivity contribution is 14.0. The van der Waals surface area contributed by atoms with E-state index in [-0.39, 0.29) is 30.1 Å². The number of ether oxygens (including phenoxy) is 1. The van der Waals surface area contributed by atoms with E-state index in [1.807, 2.05) is 6.92 Å². The average Bonchev–Trinajstić information content (AvgIpc) is 2.72. The molecule has 1 saturated heterocycles. The molecule has 1 heterocycles. The van der Waals surface area contributed by atoms with Gasteiger partial charge in [0.15, 0.2) is 5.96 Å². The van der Waals surface area contributed by atoms with Crippen molar-refractivity contribution in [3.63, 3.8) is 0 Å². The first-order chi connectivity index (χ1) is 13.9. The zero-order valence-corrected chi connectivity index (χ0v) is 21.3. The molecule has 7 nitrogen and oxygen atoms in total. The number of carbonyl (C=O) groups is 1. The molecule has 0 unspecified atom stereocenters. The quantitative estimate of drug-likeness (QED) is 0.321. The maximum absolute atomic E-state index is 11.8. The molecule has 2 N–H and O–H groups in total. The minimum Gasteiger partial charge on any atom is -0.450 e. The lowest BCUT2D eigenvalue weighted by molar-refractivity contribution is 0.0963. The Bertz CT molecular complexity index is 675. The van der Waals surface area contributed by atoms with E-state index in [0.717, 1.165) is 31.9 Å². The van der Waals surface area contributed by atoms with Gasteiger partial charge in [-0.2, -0.15) is 0 Å². The van der Waals surface area contributed by atoms with E-state index < -0.39 is 0 Å². The number of amides is 1. The van der Waals surface area contributed by atoms with Crippen molar-refractivity contribution in [3.8, 4) is 0 Å². The Morgan fingerprint density at radius 1 is 1.27 bits per heavy atom. The van der Waals surface area contributed by atoms with Gasteiger partial charge in [-0.1, -0.05) is 24.3 Å². The molecule has 0 radical (unpaired) electrons. The van der Waals surface area contributed by atoms with E-state index >= 15 is 0 Å². The molecule has 170 valence electrons. The number of carbonyl (C=O) groups excluding carboxylic acids is 1. The number of hydrogen-bond donors (Lipinski definition) is 2. The van der Waals surface area contributed by atoms with Crippen LogP contribution in [0.15, 0.2) is 29.3 Å². The van der Waals surface area contributed by atoms with Crippen LogP contribution in [0.4, 0.5) is 4.79 Å². The van der Waals surface area contributed by atoms with E-state index in [1.165, 1.54) is 11.1 Å². The van der Waals surface area contributed by atoms with Crippen LogP contribution >= 0.6 is 24.0 Å². The molecule has 0 aromatic heterocycles. The minimum absolute atomic E-state index is 0. The van der Waals surface area contributed by atoms with Crippen LogP contribution in [-0.4, -0.2) is 67.7 Å². The fourth-order valence-corrected chi connectivity index (χ4v) is 3.32. The Morgan fingerprint density at radius 2 is 1.90 bits per heavy atom. The van der Waals surface area contributed by atoms with Gasteiger partial charge in [0.25, 0.3) is 0 Å². The van der Waals surface area contributed by atoms with Crippen molar-refractivity contribution >= 4 is 36.0 Å². The van der Waals surface area contributed by atoms with Crippen LogP contribution in [-0.2, 0) is 17.8 Å². The van der Waals surface area contributed by atoms with Crippen LogP contribution in [0.3, 0.4) is 0 Å². The standard InChI is InChI=1S/C22H37N5O2.HI/c1-6-29-22(28)27-13-11-20(12-14-27)25-21(23-4)24-15-18-9-7-8-10-19(18)16-26(5)17(2)3;/h7-10,17,20H,6,11-16H2,1-5H3,(H2,23,24,25);1H. The highest BCUT2D eigenvalue weighted by Gasteiger charge is 2.24. The summed E-state index contributed by atoms with van der Waals surface area (Å²) >= 11 is 0. The highest BCUT2D eigenvalue weighted by atomic mass is 127. The Hall–Kier alpha value is -1.55. The second-order valence-electron chi connectivity index (χ2n) is 7.81. The number of piperidine rings is 1. The highest BCUT2D eigenvalue weighted by Crippen LogP contribution is 2.13. The Balaban J connectivity index is 0.00000450. The topological polar surface area (TPSA) is 69.2 Å². The molecule has 1 aliphatic rings. The summed E-state index contributed by atoms with van der Waals surface area (Å²) in [6.45, 7) is 9.73. The maximum atomic E-state index is 11.8. The first-order valence-corrected chi connectivity index (χ1v) is 10.6. The van der Waals surface area contributed by atoms with Gasteiger partial charge < -0.3 is 20.3 Å². The van der Waals surface area contributed by atoms with E-state index in [1.54, 1.807) is 11.9 Å². The normalized spacial score (nSPS) is 15.2. The Morgan fingerprint density at radius 3 is 2.47 bits per heavy atom. The number of aliphatic imine (C=N–C) groups is 1. The van der Waals surface area contributed by atoms with Gasteiger partial charge in [0.1, 0.15) is 0 Å². The molecule has 1 fully saturated rings. The molecule has 0 bridgehead atoms. The zero-order valence-electron chi connectivity index (χ0n) is 19.0. The van der Waals surface area contributed by atoms with Gasteiger partial charge in [-0.25, -0.2) is 4.79 Å². The second-order valence-corrected chi connectivity index (χ2v) is 7.81. The van der Waals surface area contributed by atoms with Crippen LogP contribution in [0.2, 0.25) is 0 Å². The van der Waals surface area contributed by atoms with Crippen molar-refractivity contribution in [2.75, 3.05) is 33.8 Å². The molecule has 0 spiro atoms. The third-order valence-corrected chi connectivity index (χ3v) is 5.45. The zero-order chi connectivity index (χ0) is 21.2. The largest absolute Gasteiger partial charge is 0.450 e. The number of hydrogen-bond acceptors (Lipinski definition) is 4. The average molecular weight is 531 g/mol. The van der Waals surface area contributed by atoms with Gasteiger partial charge in [0, 0.05) is 45.3 Å². The molecule has 30 heavy (non-hydrogen) atoms. The summed E-state index contributed by atoms with van der Waals surface area (Å²) in [6, 6.07) is 9.34. The van der Waals surface area contributed by atoms with Crippen molar-refractivity contribution in [2.45, 2.75) is 58.8 Å². The number of likely N-dealkylation sites (tertiary alicyclic amines) is 1. The Labute approximate surface area is 198 Å². The molecule has 0 atom stereocenters. The lowest BCUT2D eigenvalue weighted by Gasteiger charge is -2.32. The van der Waals surface area contributed by atoms with Crippen LogP contribution in [0, 0.1) is 0 Å². The number of nitrogens with zero attached hydrogens (tertiary/aromatic N) is 3. The van der Waals surface area contributed by atoms with Crippen molar-refractivity contribution in [1.82, 2.24) is 20.4 Å². The fourth-order valence-electron chi connectivity index (χ4n) is 3.32. The molecule has 1 amide bonds. The summed E-state index contributed by atoms with van der Waals surface area (Å²) in [6.07, 6.45) is 1.56. The predicted octanol–water partition coefficient (Wildman–Crippen LogP) is 3.43. The minimum atomic E-state index is -0.212. The number of rotatable bonds is 7. The van der Waals surface area contributed by atoms with Crippen molar-refractivity contribution < 1.29 is 9.53 Å². The van der Waals surface area contributed by atoms with E-state index in [2.05, 4.69) is 65.7 Å². The predicted molar refractivity (Wildman–Crippen MR) is 133 cm³/mol. The molecular formula is C22H38IN5O2. The van der Waals surface area contributed by atoms with Crippen molar-refractivity contribution in [2.24, 2.45) is 4.99 Å². The van der Waals surface area contributed by atoms with Crippen LogP contribution in [0.5, 0.6) is 0 Å². The SMILES string of the molecule is CCOC(=O)N1CCC(NC(=NC)NCc2ccccc2CN(C)C(C)C)CC1.I. The van der Waals surface area contributed by atoms with Crippen LogP contribution < -0.4 is 10.6 Å². The summed E-state index contributed by atoms with van der Waals surface area (Å²) in [5.74, 6) is 0.798. The number of nitrogens with one attached hydrogen (secondary N) is 2. The molecule has 0 aliphatic carbocycles. The van der Waals surface area contributed by atoms with Crippen LogP contribution in [0.1, 0.15) is 44.7 Å². The summed E-state index contributed by atoms with van der Waals surface area (Å²) in [5, 5.41) is 6.94. The molecule has 8 heteroatoms. The fraction of sp³-hybridized carbons (Fsp3) is 0.636. The molecular weight excluding hydrogens is 493 g/mol. The van der Waals surface area contributed by atoms with Gasteiger partial charge in [-0.15, -0.1) is 24.0 Å². The van der Waals surface area contributed by atoms with E-state index in [9.17, 15) is 4.79 Å². The summed E-state index contributed by atoms with van der Waals surface area (Å²) in [7, 11) is 3.94. The van der Waals surface area contributed by atoms with E-state index in [4.69, 9.17) is 4.74 Å². The van der Waals surface area contributed by atoms with Crippen LogP contribution in [0.25, 0.3) is 0 Å².